The summed E-state index contributed by atoms with van der Waals surface area (Å²) in [7, 11) is 1.58. The number of anilines is 1. The third-order valence-electron chi connectivity index (χ3n) is 4.92. The molecule has 1 saturated heterocycles. The molecule has 1 unspecified atom stereocenters. The van der Waals surface area contributed by atoms with Crippen LogP contribution in [0.25, 0.3) is 0 Å². The van der Waals surface area contributed by atoms with Crippen molar-refractivity contribution in [3.8, 4) is 17.6 Å². The van der Waals surface area contributed by atoms with Crippen LogP contribution in [0.4, 0.5) is 5.69 Å². The first-order valence-electron chi connectivity index (χ1n) is 9.41. The molecule has 2 aromatic rings. The highest BCUT2D eigenvalue weighted by Gasteiger charge is 2.33. The highest BCUT2D eigenvalue weighted by Crippen LogP contribution is 2.38. The fraction of sp³-hybridized carbons (Fsp3) is 0.318. The molecule has 1 aliphatic rings. The number of carbonyl (C=O) groups excluding carboxylic acids is 2. The van der Waals surface area contributed by atoms with Gasteiger partial charge in [-0.05, 0) is 36.2 Å². The van der Waals surface area contributed by atoms with E-state index in [-0.39, 0.29) is 11.8 Å². The second kappa shape index (κ2) is 9.11. The van der Waals surface area contributed by atoms with E-state index in [1.807, 2.05) is 18.2 Å². The van der Waals surface area contributed by atoms with Crippen LogP contribution in [-0.2, 0) is 4.79 Å². The molecule has 150 valence electrons. The lowest BCUT2D eigenvalue weighted by molar-refractivity contribution is -0.117. The van der Waals surface area contributed by atoms with Crippen molar-refractivity contribution in [3.63, 3.8) is 0 Å². The molecule has 7 heteroatoms. The van der Waals surface area contributed by atoms with Crippen molar-refractivity contribution in [2.45, 2.75) is 25.2 Å². The van der Waals surface area contributed by atoms with Gasteiger partial charge in [-0.25, -0.2) is 0 Å². The molecule has 2 N–H and O–H groups in total. The van der Waals surface area contributed by atoms with E-state index in [2.05, 4.69) is 6.07 Å². The second-order valence-electron chi connectivity index (χ2n) is 6.83. The van der Waals surface area contributed by atoms with Crippen LogP contribution in [0.2, 0.25) is 0 Å². The van der Waals surface area contributed by atoms with E-state index in [1.165, 1.54) is 0 Å². The van der Waals surface area contributed by atoms with Gasteiger partial charge in [0.1, 0.15) is 11.5 Å². The highest BCUT2D eigenvalue weighted by atomic mass is 16.5. The molecule has 1 atom stereocenters. The first kappa shape index (κ1) is 20.2. The van der Waals surface area contributed by atoms with Crippen LogP contribution in [0.1, 0.15) is 41.1 Å². The molecule has 0 saturated carbocycles. The van der Waals surface area contributed by atoms with E-state index in [9.17, 15) is 9.59 Å². The topological polar surface area (TPSA) is 106 Å². The summed E-state index contributed by atoms with van der Waals surface area (Å²) < 4.78 is 11.2. The Morgan fingerprint density at radius 2 is 2.14 bits per heavy atom. The summed E-state index contributed by atoms with van der Waals surface area (Å²) in [5.41, 5.74) is 7.30. The third kappa shape index (κ3) is 4.66. The van der Waals surface area contributed by atoms with E-state index >= 15 is 0 Å². The minimum atomic E-state index is -0.529. The summed E-state index contributed by atoms with van der Waals surface area (Å²) in [6, 6.07) is 14.4. The van der Waals surface area contributed by atoms with Crippen LogP contribution < -0.4 is 20.1 Å². The Morgan fingerprint density at radius 3 is 2.86 bits per heavy atom. The average molecular weight is 393 g/mol. The summed E-state index contributed by atoms with van der Waals surface area (Å²) in [5.74, 6) is 0.713. The van der Waals surface area contributed by atoms with Crippen molar-refractivity contribution in [1.29, 1.82) is 5.26 Å². The monoisotopic (exact) mass is 393 g/mol. The van der Waals surface area contributed by atoms with Crippen LogP contribution in [0.3, 0.4) is 0 Å². The van der Waals surface area contributed by atoms with Crippen molar-refractivity contribution < 1.29 is 19.1 Å². The van der Waals surface area contributed by atoms with Crippen molar-refractivity contribution in [1.82, 2.24) is 0 Å². The van der Waals surface area contributed by atoms with Gasteiger partial charge < -0.3 is 20.1 Å². The molecule has 1 heterocycles. The third-order valence-corrected chi connectivity index (χ3v) is 4.92. The largest absolute Gasteiger partial charge is 0.497 e. The minimum absolute atomic E-state index is 0.0251. The molecule has 0 bridgehead atoms. The molecule has 29 heavy (non-hydrogen) atoms. The highest BCUT2D eigenvalue weighted by molar-refractivity contribution is 5.99. The lowest BCUT2D eigenvalue weighted by Gasteiger charge is -2.19. The number of nitrogens with zero attached hydrogens (tertiary/aromatic N) is 2. The van der Waals surface area contributed by atoms with E-state index < -0.39 is 5.91 Å². The number of rotatable bonds is 8. The number of nitrogens with two attached hydrogens (primary N) is 1. The van der Waals surface area contributed by atoms with Crippen LogP contribution in [-0.4, -0.2) is 32.1 Å². The Kier molecular flexibility index (Phi) is 6.35. The first-order chi connectivity index (χ1) is 14.0. The zero-order chi connectivity index (χ0) is 20.8. The molecule has 2 amide bonds. The second-order valence-corrected chi connectivity index (χ2v) is 6.83. The molecule has 0 aliphatic carbocycles. The Bertz CT molecular complexity index is 951. The number of unbranched alkanes of at least 4 members (excludes halogenated alkanes) is 1. The number of carbonyl (C=O) groups is 2. The Balaban J connectivity index is 1.82. The van der Waals surface area contributed by atoms with Gasteiger partial charge in [0.25, 0.3) is 0 Å². The summed E-state index contributed by atoms with van der Waals surface area (Å²) in [6.07, 6.45) is 1.38. The Morgan fingerprint density at radius 1 is 1.31 bits per heavy atom. The number of methoxy groups -OCH3 is 1. The van der Waals surface area contributed by atoms with Gasteiger partial charge in [0.2, 0.25) is 11.8 Å². The summed E-state index contributed by atoms with van der Waals surface area (Å²) in [4.78, 5) is 25.8. The van der Waals surface area contributed by atoms with Crippen LogP contribution >= 0.6 is 0 Å². The van der Waals surface area contributed by atoms with Gasteiger partial charge in [-0.15, -0.1) is 0 Å². The molecule has 0 spiro atoms. The molecule has 0 radical (unpaired) electrons. The van der Waals surface area contributed by atoms with Gasteiger partial charge in [-0.1, -0.05) is 12.1 Å². The van der Waals surface area contributed by atoms with Crippen LogP contribution in [0, 0.1) is 11.3 Å². The molecule has 3 rings (SSSR count). The van der Waals surface area contributed by atoms with E-state index in [0.29, 0.717) is 55.2 Å². The number of hydrogen-bond acceptors (Lipinski definition) is 5. The van der Waals surface area contributed by atoms with Gasteiger partial charge in [0.15, 0.2) is 0 Å². The Hall–Kier alpha value is -3.53. The van der Waals surface area contributed by atoms with Gasteiger partial charge in [-0.3, -0.25) is 9.59 Å². The van der Waals surface area contributed by atoms with Gasteiger partial charge in [0, 0.05) is 42.6 Å². The number of ether oxygens (including phenoxy) is 2. The fourth-order valence-electron chi connectivity index (χ4n) is 3.43. The molecular formula is C22H23N3O4. The quantitative estimate of drug-likeness (QED) is 0.694. The number of hydrogen-bond donors (Lipinski definition) is 1. The lowest BCUT2D eigenvalue weighted by atomic mass is 9.97. The van der Waals surface area contributed by atoms with Gasteiger partial charge in [0.05, 0.1) is 19.8 Å². The zero-order valence-electron chi connectivity index (χ0n) is 16.3. The maximum absolute atomic E-state index is 12.7. The maximum atomic E-state index is 12.7. The maximum Gasteiger partial charge on any atom is 0.248 e. The first-order valence-corrected chi connectivity index (χ1v) is 9.41. The number of primary amides is 1. The van der Waals surface area contributed by atoms with Crippen LogP contribution in [0.15, 0.2) is 42.5 Å². The summed E-state index contributed by atoms with van der Waals surface area (Å²) >= 11 is 0. The van der Waals surface area contributed by atoms with Crippen LogP contribution in [0.5, 0.6) is 11.5 Å². The van der Waals surface area contributed by atoms with Gasteiger partial charge >= 0.3 is 0 Å². The zero-order valence-corrected chi connectivity index (χ0v) is 16.3. The predicted octanol–water partition coefficient (Wildman–Crippen LogP) is 3.00. The summed E-state index contributed by atoms with van der Waals surface area (Å²) in [6.45, 7) is 0.890. The van der Waals surface area contributed by atoms with Crippen molar-refractivity contribution in [2.75, 3.05) is 25.2 Å². The van der Waals surface area contributed by atoms with Crippen molar-refractivity contribution in [3.05, 3.63) is 53.6 Å². The molecule has 2 aromatic carbocycles. The molecule has 1 aliphatic heterocycles. The number of nitriles is 1. The average Bonchev–Trinajstić information content (AvgIpc) is 3.12. The number of benzene rings is 2. The van der Waals surface area contributed by atoms with Gasteiger partial charge in [-0.2, -0.15) is 5.26 Å². The molecular weight excluding hydrogens is 370 g/mol. The molecule has 0 aromatic heterocycles. The van der Waals surface area contributed by atoms with E-state index in [0.717, 1.165) is 5.56 Å². The Labute approximate surface area is 169 Å². The van der Waals surface area contributed by atoms with E-state index in [4.69, 9.17) is 20.5 Å². The molecule has 7 nitrogen and oxygen atoms in total. The van der Waals surface area contributed by atoms with Crippen molar-refractivity contribution in [2.24, 2.45) is 5.73 Å². The fourth-order valence-corrected chi connectivity index (χ4v) is 3.43. The molecule has 1 fully saturated rings. The van der Waals surface area contributed by atoms with E-state index in [1.54, 1.807) is 36.3 Å². The smallest absolute Gasteiger partial charge is 0.248 e. The predicted molar refractivity (Wildman–Crippen MR) is 108 cm³/mol. The standard InChI is InChI=1S/C22H23N3O4/c1-28-18-7-8-19(20(13-18)29-10-3-2-9-23)16-12-21(26)25(14-16)17-6-4-5-15(11-17)22(24)27/h4-8,11,13,16H,2-3,10,12,14H2,1H3,(H2,24,27). The summed E-state index contributed by atoms with van der Waals surface area (Å²) in [5, 5.41) is 8.70. The van der Waals surface area contributed by atoms with Crippen molar-refractivity contribution >= 4 is 17.5 Å². The normalized spacial score (nSPS) is 15.8. The SMILES string of the molecule is COc1ccc(C2CC(=O)N(c3cccc(C(N)=O)c3)C2)c(OCCCC#N)c1. The number of amides is 2. The lowest BCUT2D eigenvalue weighted by Crippen LogP contribution is -2.25. The minimum Gasteiger partial charge on any atom is -0.497 e.